The summed E-state index contributed by atoms with van der Waals surface area (Å²) in [5, 5.41) is 11.1. The second-order valence-corrected chi connectivity index (χ2v) is 6.46. The highest BCUT2D eigenvalue weighted by Gasteiger charge is 2.04. The molecule has 0 rings (SSSR count). The van der Waals surface area contributed by atoms with E-state index in [1.807, 2.05) is 14.1 Å². The number of hydrogen-bond acceptors (Lipinski definition) is 8. The van der Waals surface area contributed by atoms with Gasteiger partial charge in [-0.1, -0.05) is 0 Å². The lowest BCUT2D eigenvalue weighted by Crippen LogP contribution is -2.25. The average Bonchev–Trinajstić information content (AvgIpc) is 2.67. The summed E-state index contributed by atoms with van der Waals surface area (Å²) in [5.41, 5.74) is 0. The minimum Gasteiger partial charge on any atom is -0.481 e. The van der Waals surface area contributed by atoms with Gasteiger partial charge in [-0.25, -0.2) is 0 Å². The number of likely N-dealkylation sites (N-methyl/N-ethyl adjacent to an activating group) is 1. The van der Waals surface area contributed by atoms with Crippen molar-refractivity contribution < 1.29 is 38.4 Å². The van der Waals surface area contributed by atoms with Crippen molar-refractivity contribution >= 4 is 11.9 Å². The van der Waals surface area contributed by atoms with Crippen molar-refractivity contribution in [1.82, 2.24) is 10.2 Å². The maximum absolute atomic E-state index is 11.3. The maximum atomic E-state index is 11.3. The van der Waals surface area contributed by atoms with Gasteiger partial charge in [0, 0.05) is 26.1 Å². The Bertz CT molecular complexity index is 396. The Morgan fingerprint density at radius 3 is 1.62 bits per heavy atom. The van der Waals surface area contributed by atoms with E-state index < -0.39 is 5.97 Å². The van der Waals surface area contributed by atoms with Crippen LogP contribution in [0.1, 0.15) is 19.3 Å². The smallest absolute Gasteiger partial charge is 0.303 e. The van der Waals surface area contributed by atoms with Gasteiger partial charge in [-0.2, -0.15) is 0 Å². The fourth-order valence-corrected chi connectivity index (χ4v) is 1.94. The molecule has 0 aliphatic rings. The van der Waals surface area contributed by atoms with Gasteiger partial charge in [0.25, 0.3) is 0 Å². The molecular formula is C19H38N2O8. The lowest BCUT2D eigenvalue weighted by atomic mass is 10.3. The lowest BCUT2D eigenvalue weighted by Gasteiger charge is -2.10. The topological polar surface area (TPSA) is 116 Å². The number of carboxylic acids is 1. The Labute approximate surface area is 173 Å². The van der Waals surface area contributed by atoms with Crippen LogP contribution in [-0.4, -0.2) is 115 Å². The highest BCUT2D eigenvalue weighted by atomic mass is 16.6. The van der Waals surface area contributed by atoms with Gasteiger partial charge >= 0.3 is 5.97 Å². The number of rotatable bonds is 22. The zero-order valence-electron chi connectivity index (χ0n) is 17.9. The van der Waals surface area contributed by atoms with Crippen LogP contribution in [0.25, 0.3) is 0 Å². The minimum atomic E-state index is -0.973. The quantitative estimate of drug-likeness (QED) is 0.233. The van der Waals surface area contributed by atoms with Crippen LogP contribution in [0.2, 0.25) is 0 Å². The first-order valence-electron chi connectivity index (χ1n) is 10.0. The molecule has 10 heteroatoms. The summed E-state index contributed by atoms with van der Waals surface area (Å²) in [6, 6.07) is 0. The fourth-order valence-electron chi connectivity index (χ4n) is 1.94. The molecule has 0 aromatic rings. The Balaban J connectivity index is 3.10. The van der Waals surface area contributed by atoms with Gasteiger partial charge in [0.05, 0.1) is 65.9 Å². The third-order valence-corrected chi connectivity index (χ3v) is 3.52. The van der Waals surface area contributed by atoms with Crippen molar-refractivity contribution in [2.45, 2.75) is 19.3 Å². The molecule has 0 aromatic heterocycles. The SMILES string of the molecule is CN(C)CCOCCOCCOCCOCCOCCCNC(=O)CCC(=O)O. The summed E-state index contributed by atoms with van der Waals surface area (Å²) in [7, 11) is 4.01. The molecule has 0 radical (unpaired) electrons. The van der Waals surface area contributed by atoms with Crippen LogP contribution in [-0.2, 0) is 33.3 Å². The van der Waals surface area contributed by atoms with Gasteiger partial charge in [0.1, 0.15) is 0 Å². The summed E-state index contributed by atoms with van der Waals surface area (Å²) in [5.74, 6) is -1.23. The van der Waals surface area contributed by atoms with E-state index in [-0.39, 0.29) is 18.7 Å². The second kappa shape index (κ2) is 21.4. The van der Waals surface area contributed by atoms with Gasteiger partial charge in [0.15, 0.2) is 0 Å². The van der Waals surface area contributed by atoms with Crippen LogP contribution >= 0.6 is 0 Å². The summed E-state index contributed by atoms with van der Waals surface area (Å²) in [6.45, 7) is 6.77. The Morgan fingerprint density at radius 2 is 1.17 bits per heavy atom. The molecule has 0 aliphatic heterocycles. The van der Waals surface area contributed by atoms with Gasteiger partial charge in [-0.15, -0.1) is 0 Å². The number of carbonyl (C=O) groups excluding carboxylic acids is 1. The number of hydrogen-bond donors (Lipinski definition) is 2. The van der Waals surface area contributed by atoms with Crippen molar-refractivity contribution in [3.8, 4) is 0 Å². The lowest BCUT2D eigenvalue weighted by molar-refractivity contribution is -0.138. The number of nitrogens with one attached hydrogen (secondary N) is 1. The molecule has 10 nitrogen and oxygen atoms in total. The van der Waals surface area contributed by atoms with Crippen molar-refractivity contribution in [3.63, 3.8) is 0 Å². The molecule has 0 spiro atoms. The van der Waals surface area contributed by atoms with E-state index in [1.54, 1.807) is 0 Å². The van der Waals surface area contributed by atoms with E-state index in [2.05, 4.69) is 10.2 Å². The van der Waals surface area contributed by atoms with Crippen molar-refractivity contribution in [3.05, 3.63) is 0 Å². The number of ether oxygens (including phenoxy) is 5. The van der Waals surface area contributed by atoms with Gasteiger partial charge in [-0.05, 0) is 20.5 Å². The van der Waals surface area contributed by atoms with Crippen molar-refractivity contribution in [2.75, 3.05) is 93.3 Å². The first-order chi connectivity index (χ1) is 14.0. The fraction of sp³-hybridized carbons (Fsp3) is 0.895. The van der Waals surface area contributed by atoms with Gasteiger partial charge < -0.3 is 39.0 Å². The number of aliphatic carboxylic acids is 1. The van der Waals surface area contributed by atoms with E-state index >= 15 is 0 Å². The van der Waals surface area contributed by atoms with Crippen molar-refractivity contribution in [2.24, 2.45) is 0 Å². The summed E-state index contributed by atoms with van der Waals surface area (Å²) < 4.78 is 27.0. The molecule has 0 saturated carbocycles. The molecule has 1 amide bonds. The Kier molecular flexibility index (Phi) is 20.5. The first-order valence-corrected chi connectivity index (χ1v) is 10.0. The molecule has 0 aromatic carbocycles. The Hall–Kier alpha value is -1.30. The number of nitrogens with zero attached hydrogens (tertiary/aromatic N) is 1. The van der Waals surface area contributed by atoms with E-state index in [1.165, 1.54) is 0 Å². The molecule has 0 saturated heterocycles. The van der Waals surface area contributed by atoms with Gasteiger partial charge in [0.2, 0.25) is 5.91 Å². The first kappa shape index (κ1) is 27.7. The zero-order chi connectivity index (χ0) is 21.6. The Morgan fingerprint density at radius 1 is 0.724 bits per heavy atom. The minimum absolute atomic E-state index is 0.00367. The zero-order valence-corrected chi connectivity index (χ0v) is 17.9. The molecule has 0 aliphatic carbocycles. The molecule has 0 heterocycles. The normalized spacial score (nSPS) is 11.1. The maximum Gasteiger partial charge on any atom is 0.303 e. The van der Waals surface area contributed by atoms with E-state index in [4.69, 9.17) is 28.8 Å². The van der Waals surface area contributed by atoms with Crippen LogP contribution in [0.4, 0.5) is 0 Å². The highest BCUT2D eigenvalue weighted by molar-refractivity contribution is 5.80. The monoisotopic (exact) mass is 422 g/mol. The van der Waals surface area contributed by atoms with Gasteiger partial charge in [-0.3, -0.25) is 9.59 Å². The predicted molar refractivity (Wildman–Crippen MR) is 107 cm³/mol. The predicted octanol–water partition coefficient (Wildman–Crippen LogP) is 0.00210. The second-order valence-electron chi connectivity index (χ2n) is 6.46. The summed E-state index contributed by atoms with van der Waals surface area (Å²) in [4.78, 5) is 23.7. The molecule has 172 valence electrons. The highest BCUT2D eigenvalue weighted by Crippen LogP contribution is 1.89. The number of carboxylic acid groups (broad SMARTS) is 1. The average molecular weight is 423 g/mol. The van der Waals surface area contributed by atoms with Crippen LogP contribution in [0.15, 0.2) is 0 Å². The van der Waals surface area contributed by atoms with Crippen LogP contribution in [0, 0.1) is 0 Å². The van der Waals surface area contributed by atoms with E-state index in [9.17, 15) is 9.59 Å². The molecule has 29 heavy (non-hydrogen) atoms. The third kappa shape index (κ3) is 24.7. The molecule has 0 fully saturated rings. The molecule has 0 atom stereocenters. The third-order valence-electron chi connectivity index (χ3n) is 3.52. The van der Waals surface area contributed by atoms with Crippen LogP contribution in [0.3, 0.4) is 0 Å². The summed E-state index contributed by atoms with van der Waals surface area (Å²) in [6.07, 6.45) is 0.523. The number of carbonyl (C=O) groups is 2. The molecule has 2 N–H and O–H groups in total. The van der Waals surface area contributed by atoms with Crippen molar-refractivity contribution in [1.29, 1.82) is 0 Å². The largest absolute Gasteiger partial charge is 0.481 e. The molecular weight excluding hydrogens is 384 g/mol. The number of amides is 1. The molecule has 0 unspecified atom stereocenters. The van der Waals surface area contributed by atoms with E-state index in [0.29, 0.717) is 79.0 Å². The van der Waals surface area contributed by atoms with Crippen LogP contribution < -0.4 is 5.32 Å². The standard InChI is InChI=1S/C19H38N2O8/c1-21(2)7-9-26-11-13-28-15-17-29-16-14-27-12-10-25-8-3-6-20-18(22)4-5-19(23)24/h3-17H2,1-2H3,(H,20,22)(H,23,24). The van der Waals surface area contributed by atoms with E-state index in [0.717, 1.165) is 6.54 Å². The molecule has 0 bridgehead atoms. The summed E-state index contributed by atoms with van der Waals surface area (Å²) >= 11 is 0. The van der Waals surface area contributed by atoms with Crippen LogP contribution in [0.5, 0.6) is 0 Å².